The molecule has 0 bridgehead atoms. The molecule has 0 heterocycles. The van der Waals surface area contributed by atoms with Crippen molar-refractivity contribution in [3.63, 3.8) is 0 Å². The number of hydrogen-bond donors (Lipinski definition) is 1. The number of rotatable bonds is 9. The summed E-state index contributed by atoms with van der Waals surface area (Å²) in [4.78, 5) is 4.81. The zero-order valence-electron chi connectivity index (χ0n) is 9.41. The predicted molar refractivity (Wildman–Crippen MR) is 53.3 cm³/mol. The van der Waals surface area contributed by atoms with Crippen LogP contribution in [0.4, 0.5) is 0 Å². The van der Waals surface area contributed by atoms with Crippen LogP contribution < -0.4 is 0 Å². The Kier molecular flexibility index (Phi) is 8.08. The molecule has 0 aromatic rings. The lowest BCUT2D eigenvalue weighted by molar-refractivity contribution is -0.640. The molecule has 0 aromatic carbocycles. The predicted octanol–water partition coefficient (Wildman–Crippen LogP) is 3.48. The Hall–Kier alpha value is -0.160. The molecule has 0 saturated heterocycles. The Morgan fingerprint density at radius 1 is 1.07 bits per heavy atom. The molecule has 0 radical (unpaired) electrons. The summed E-state index contributed by atoms with van der Waals surface area (Å²) in [6.07, 6.45) is 7.01. The number of unbranched alkanes of at least 4 members (excludes halogenated alkanes) is 4. The summed E-state index contributed by atoms with van der Waals surface area (Å²) < 4.78 is 0. The molecule has 0 aliphatic heterocycles. The second-order valence-corrected chi connectivity index (χ2v) is 4.15. The Morgan fingerprint density at radius 3 is 2.29 bits per heavy atom. The highest BCUT2D eigenvalue weighted by molar-refractivity contribution is 4.65. The van der Waals surface area contributed by atoms with Crippen LogP contribution in [0.15, 0.2) is 0 Å². The van der Waals surface area contributed by atoms with E-state index in [1.54, 1.807) is 0 Å². The fourth-order valence-corrected chi connectivity index (χ4v) is 1.30. The fourth-order valence-electron chi connectivity index (χ4n) is 1.30. The van der Waals surface area contributed by atoms with Crippen LogP contribution >= 0.6 is 0 Å². The van der Waals surface area contributed by atoms with E-state index >= 15 is 0 Å². The van der Waals surface area contributed by atoms with Crippen LogP contribution in [0.2, 0.25) is 0 Å². The highest BCUT2D eigenvalue weighted by Crippen LogP contribution is 2.19. The lowest BCUT2D eigenvalue weighted by atomic mass is 10.00. The second-order valence-electron chi connectivity index (χ2n) is 4.15. The van der Waals surface area contributed by atoms with Crippen molar-refractivity contribution in [2.75, 3.05) is 0 Å². The SMILES string of the molecule is CCCCCCCC(C)(C)OOOO. The lowest BCUT2D eigenvalue weighted by Crippen LogP contribution is -2.24. The van der Waals surface area contributed by atoms with Crippen molar-refractivity contribution in [2.45, 2.75) is 64.9 Å². The van der Waals surface area contributed by atoms with Gasteiger partial charge in [0.15, 0.2) is 0 Å². The van der Waals surface area contributed by atoms with Gasteiger partial charge in [-0.05, 0) is 30.3 Å². The quantitative estimate of drug-likeness (QED) is 0.356. The molecule has 0 amide bonds. The van der Waals surface area contributed by atoms with Gasteiger partial charge in [-0.2, -0.15) is 4.89 Å². The van der Waals surface area contributed by atoms with Crippen molar-refractivity contribution >= 4 is 0 Å². The minimum absolute atomic E-state index is 0.408. The lowest BCUT2D eigenvalue weighted by Gasteiger charge is -2.21. The van der Waals surface area contributed by atoms with Gasteiger partial charge >= 0.3 is 0 Å². The summed E-state index contributed by atoms with van der Waals surface area (Å²) in [7, 11) is 0. The van der Waals surface area contributed by atoms with E-state index in [0.717, 1.165) is 12.8 Å². The molecule has 4 nitrogen and oxygen atoms in total. The second kappa shape index (κ2) is 8.17. The van der Waals surface area contributed by atoms with Gasteiger partial charge in [-0.25, -0.2) is 5.26 Å². The van der Waals surface area contributed by atoms with Gasteiger partial charge in [0.1, 0.15) is 5.60 Å². The fraction of sp³-hybridized carbons (Fsp3) is 1.00. The third kappa shape index (κ3) is 8.44. The summed E-state index contributed by atoms with van der Waals surface area (Å²) in [5.41, 5.74) is -0.408. The molecule has 0 rings (SSSR count). The van der Waals surface area contributed by atoms with Gasteiger partial charge in [0, 0.05) is 0 Å². The molecule has 0 aliphatic rings. The molecule has 86 valence electrons. The van der Waals surface area contributed by atoms with Crippen molar-refractivity contribution in [3.05, 3.63) is 0 Å². The van der Waals surface area contributed by atoms with Crippen LogP contribution in [0, 0.1) is 0 Å². The average molecular weight is 206 g/mol. The van der Waals surface area contributed by atoms with E-state index in [-0.39, 0.29) is 0 Å². The Balaban J connectivity index is 3.35. The van der Waals surface area contributed by atoms with Gasteiger partial charge in [-0.1, -0.05) is 39.0 Å². The molecular formula is C10H22O4. The van der Waals surface area contributed by atoms with E-state index in [0.29, 0.717) is 0 Å². The van der Waals surface area contributed by atoms with Crippen molar-refractivity contribution in [1.29, 1.82) is 0 Å². The van der Waals surface area contributed by atoms with Crippen molar-refractivity contribution in [2.24, 2.45) is 0 Å². The van der Waals surface area contributed by atoms with E-state index in [2.05, 4.69) is 17.0 Å². The van der Waals surface area contributed by atoms with Crippen LogP contribution in [-0.2, 0) is 15.0 Å². The summed E-state index contributed by atoms with van der Waals surface area (Å²) in [6.45, 7) is 5.98. The normalized spacial score (nSPS) is 12.0. The minimum atomic E-state index is -0.408. The third-order valence-corrected chi connectivity index (χ3v) is 2.17. The monoisotopic (exact) mass is 206 g/mol. The van der Waals surface area contributed by atoms with Crippen molar-refractivity contribution in [1.82, 2.24) is 0 Å². The maximum Gasteiger partial charge on any atom is 0.101 e. The first-order chi connectivity index (χ1) is 6.62. The van der Waals surface area contributed by atoms with Gasteiger partial charge in [-0.3, -0.25) is 0 Å². The first-order valence-corrected chi connectivity index (χ1v) is 5.28. The zero-order valence-corrected chi connectivity index (χ0v) is 9.41. The zero-order chi connectivity index (χ0) is 10.9. The molecular weight excluding hydrogens is 184 g/mol. The van der Waals surface area contributed by atoms with E-state index < -0.39 is 5.60 Å². The summed E-state index contributed by atoms with van der Waals surface area (Å²) in [6, 6.07) is 0. The first kappa shape index (κ1) is 13.8. The van der Waals surface area contributed by atoms with Gasteiger partial charge in [0.25, 0.3) is 0 Å². The smallest absolute Gasteiger partial charge is 0.101 e. The first-order valence-electron chi connectivity index (χ1n) is 5.28. The van der Waals surface area contributed by atoms with Gasteiger partial charge in [0.2, 0.25) is 0 Å². The van der Waals surface area contributed by atoms with Gasteiger partial charge < -0.3 is 0 Å². The number of hydrogen-bond acceptors (Lipinski definition) is 4. The van der Waals surface area contributed by atoms with Crippen molar-refractivity contribution < 1.29 is 20.2 Å². The molecule has 0 aliphatic carbocycles. The molecule has 0 aromatic heterocycles. The standard InChI is InChI=1S/C10H22O4/c1-4-5-6-7-8-9-10(2,3)12-14-13-11/h11H,4-9H2,1-3H3. The molecule has 0 spiro atoms. The van der Waals surface area contributed by atoms with Gasteiger partial charge in [-0.15, -0.1) is 0 Å². The van der Waals surface area contributed by atoms with Crippen LogP contribution in [-0.4, -0.2) is 10.9 Å². The Labute approximate surface area is 85.9 Å². The largest absolute Gasteiger partial charge is 0.219 e. The molecule has 1 N–H and O–H groups in total. The molecule has 14 heavy (non-hydrogen) atoms. The van der Waals surface area contributed by atoms with E-state index in [9.17, 15) is 0 Å². The highest BCUT2D eigenvalue weighted by Gasteiger charge is 2.19. The van der Waals surface area contributed by atoms with Crippen LogP contribution in [0.3, 0.4) is 0 Å². The van der Waals surface area contributed by atoms with Crippen LogP contribution in [0.5, 0.6) is 0 Å². The van der Waals surface area contributed by atoms with Crippen LogP contribution in [0.25, 0.3) is 0 Å². The Bertz CT molecular complexity index is 125. The van der Waals surface area contributed by atoms with E-state index in [4.69, 9.17) is 10.1 Å². The maximum absolute atomic E-state index is 7.92. The van der Waals surface area contributed by atoms with Crippen molar-refractivity contribution in [3.8, 4) is 0 Å². The van der Waals surface area contributed by atoms with E-state index in [1.807, 2.05) is 13.8 Å². The summed E-state index contributed by atoms with van der Waals surface area (Å²) >= 11 is 0. The highest BCUT2D eigenvalue weighted by atomic mass is 17.6. The molecule has 0 fully saturated rings. The van der Waals surface area contributed by atoms with E-state index in [1.165, 1.54) is 25.7 Å². The molecule has 4 heteroatoms. The third-order valence-electron chi connectivity index (χ3n) is 2.17. The average Bonchev–Trinajstić information content (AvgIpc) is 2.15. The summed E-state index contributed by atoms with van der Waals surface area (Å²) in [5, 5.41) is 15.4. The Morgan fingerprint density at radius 2 is 1.71 bits per heavy atom. The molecule has 0 atom stereocenters. The minimum Gasteiger partial charge on any atom is -0.219 e. The molecule has 0 saturated carbocycles. The van der Waals surface area contributed by atoms with Crippen LogP contribution in [0.1, 0.15) is 59.3 Å². The molecule has 0 unspecified atom stereocenters. The maximum atomic E-state index is 7.92. The topological polar surface area (TPSA) is 47.9 Å². The van der Waals surface area contributed by atoms with Gasteiger partial charge in [0.05, 0.1) is 0 Å². The summed E-state index contributed by atoms with van der Waals surface area (Å²) in [5.74, 6) is 0.